The molecule has 0 radical (unpaired) electrons. The van der Waals surface area contributed by atoms with Gasteiger partial charge >= 0.3 is 0 Å². The number of hydrogen-bond acceptors (Lipinski definition) is 3. The Bertz CT molecular complexity index is 868. The van der Waals surface area contributed by atoms with Crippen LogP contribution in [0.4, 0.5) is 15.9 Å². The lowest BCUT2D eigenvalue weighted by Crippen LogP contribution is -2.28. The molecule has 2 heterocycles. The Morgan fingerprint density at radius 2 is 1.92 bits per heavy atom. The summed E-state index contributed by atoms with van der Waals surface area (Å²) in [5.74, 6) is 1.52. The van der Waals surface area contributed by atoms with Crippen molar-refractivity contribution in [2.75, 3.05) is 11.9 Å². The molecule has 0 bridgehead atoms. The maximum absolute atomic E-state index is 14.3. The van der Waals surface area contributed by atoms with Crippen LogP contribution in [0.15, 0.2) is 48.5 Å². The van der Waals surface area contributed by atoms with E-state index in [-0.39, 0.29) is 5.82 Å². The van der Waals surface area contributed by atoms with Crippen LogP contribution >= 0.6 is 0 Å². The summed E-state index contributed by atoms with van der Waals surface area (Å²) in [7, 11) is 0. The fourth-order valence-corrected chi connectivity index (χ4v) is 3.01. The van der Waals surface area contributed by atoms with Crippen molar-refractivity contribution in [3.63, 3.8) is 0 Å². The summed E-state index contributed by atoms with van der Waals surface area (Å²) < 4.78 is 16.5. The number of aromatic nitrogens is 2. The molecule has 4 rings (SSSR count). The lowest BCUT2D eigenvalue weighted by atomic mass is 10.1. The van der Waals surface area contributed by atoms with Gasteiger partial charge in [-0.2, -0.15) is 0 Å². The van der Waals surface area contributed by atoms with Gasteiger partial charge in [-0.25, -0.2) is 9.37 Å². The number of halogens is 1. The van der Waals surface area contributed by atoms with Crippen molar-refractivity contribution in [1.29, 1.82) is 0 Å². The molecule has 2 N–H and O–H groups in total. The predicted molar refractivity (Wildman–Crippen MR) is 93.8 cm³/mol. The SMILES string of the molecule is Cc1ccc(Nc2c(-c3ccccc3F)nc3n2CCNC3)cc1. The number of benzene rings is 2. The Morgan fingerprint density at radius 3 is 2.71 bits per heavy atom. The van der Waals surface area contributed by atoms with E-state index < -0.39 is 0 Å². The third kappa shape index (κ3) is 2.67. The zero-order valence-electron chi connectivity index (χ0n) is 13.5. The van der Waals surface area contributed by atoms with Crippen LogP contribution in [-0.4, -0.2) is 16.1 Å². The molecule has 5 heteroatoms. The zero-order valence-corrected chi connectivity index (χ0v) is 13.5. The molecular weight excluding hydrogens is 303 g/mol. The first kappa shape index (κ1) is 14.9. The first-order valence-corrected chi connectivity index (χ1v) is 8.11. The fraction of sp³-hybridized carbons (Fsp3) is 0.211. The first-order chi connectivity index (χ1) is 11.7. The van der Waals surface area contributed by atoms with Crippen molar-refractivity contribution in [2.24, 2.45) is 0 Å². The number of fused-ring (bicyclic) bond motifs is 1. The molecule has 1 aliphatic rings. The minimum atomic E-state index is -0.257. The molecule has 0 saturated carbocycles. The van der Waals surface area contributed by atoms with Gasteiger partial charge in [0, 0.05) is 24.3 Å². The van der Waals surface area contributed by atoms with Gasteiger partial charge in [-0.1, -0.05) is 29.8 Å². The highest BCUT2D eigenvalue weighted by atomic mass is 19.1. The summed E-state index contributed by atoms with van der Waals surface area (Å²) in [6, 6.07) is 15.0. The summed E-state index contributed by atoms with van der Waals surface area (Å²) in [4.78, 5) is 4.69. The van der Waals surface area contributed by atoms with E-state index in [1.165, 1.54) is 11.6 Å². The molecule has 3 aromatic rings. The summed E-state index contributed by atoms with van der Waals surface area (Å²) in [6.07, 6.45) is 0. The van der Waals surface area contributed by atoms with E-state index in [1.54, 1.807) is 12.1 Å². The largest absolute Gasteiger partial charge is 0.340 e. The van der Waals surface area contributed by atoms with Crippen LogP contribution in [0.5, 0.6) is 0 Å². The summed E-state index contributed by atoms with van der Waals surface area (Å²) in [5, 5.41) is 6.75. The molecular formula is C19H19FN4. The molecule has 0 amide bonds. The van der Waals surface area contributed by atoms with Crippen LogP contribution in [0.1, 0.15) is 11.4 Å². The van der Waals surface area contributed by atoms with Crippen molar-refractivity contribution < 1.29 is 4.39 Å². The molecule has 0 spiro atoms. The second-order valence-electron chi connectivity index (χ2n) is 6.02. The van der Waals surface area contributed by atoms with E-state index in [4.69, 9.17) is 4.98 Å². The van der Waals surface area contributed by atoms with Crippen molar-refractivity contribution in [1.82, 2.24) is 14.9 Å². The zero-order chi connectivity index (χ0) is 16.5. The van der Waals surface area contributed by atoms with E-state index >= 15 is 0 Å². The van der Waals surface area contributed by atoms with E-state index in [0.29, 0.717) is 17.8 Å². The number of imidazole rings is 1. The third-order valence-corrected chi connectivity index (χ3v) is 4.29. The van der Waals surface area contributed by atoms with Gasteiger partial charge in [0.05, 0.1) is 6.54 Å². The van der Waals surface area contributed by atoms with Crippen molar-refractivity contribution in [3.05, 3.63) is 65.7 Å². The second kappa shape index (κ2) is 6.09. The van der Waals surface area contributed by atoms with Gasteiger partial charge in [-0.05, 0) is 31.2 Å². The number of aryl methyl sites for hydroxylation is 1. The first-order valence-electron chi connectivity index (χ1n) is 8.11. The van der Waals surface area contributed by atoms with Crippen LogP contribution < -0.4 is 10.6 Å². The second-order valence-corrected chi connectivity index (χ2v) is 6.02. The Kier molecular flexibility index (Phi) is 3.78. The van der Waals surface area contributed by atoms with Gasteiger partial charge in [0.1, 0.15) is 23.2 Å². The lowest BCUT2D eigenvalue weighted by Gasteiger charge is -2.18. The number of rotatable bonds is 3. The van der Waals surface area contributed by atoms with Gasteiger partial charge in [-0.3, -0.25) is 0 Å². The van der Waals surface area contributed by atoms with Gasteiger partial charge in [0.2, 0.25) is 0 Å². The molecule has 0 aliphatic carbocycles. The molecule has 1 aliphatic heterocycles. The van der Waals surface area contributed by atoms with Crippen LogP contribution in [-0.2, 0) is 13.1 Å². The quantitative estimate of drug-likeness (QED) is 0.770. The normalized spacial score (nSPS) is 13.6. The highest BCUT2D eigenvalue weighted by molar-refractivity contribution is 5.77. The van der Waals surface area contributed by atoms with E-state index in [9.17, 15) is 4.39 Å². The summed E-state index contributed by atoms with van der Waals surface area (Å²) in [6.45, 7) is 4.44. The molecule has 1 aromatic heterocycles. The Balaban J connectivity index is 1.83. The van der Waals surface area contributed by atoms with E-state index in [1.807, 2.05) is 18.2 Å². The summed E-state index contributed by atoms with van der Waals surface area (Å²) >= 11 is 0. The molecule has 0 unspecified atom stereocenters. The minimum absolute atomic E-state index is 0.257. The summed E-state index contributed by atoms with van der Waals surface area (Å²) in [5.41, 5.74) is 3.36. The van der Waals surface area contributed by atoms with Gasteiger partial charge < -0.3 is 15.2 Å². The highest BCUT2D eigenvalue weighted by Gasteiger charge is 2.22. The van der Waals surface area contributed by atoms with Crippen molar-refractivity contribution in [3.8, 4) is 11.3 Å². The molecule has 0 fully saturated rings. The molecule has 4 nitrogen and oxygen atoms in total. The average molecular weight is 322 g/mol. The number of nitrogens with zero attached hydrogens (tertiary/aromatic N) is 2. The average Bonchev–Trinajstić information content (AvgIpc) is 2.96. The predicted octanol–water partition coefficient (Wildman–Crippen LogP) is 3.84. The van der Waals surface area contributed by atoms with Gasteiger partial charge in [0.25, 0.3) is 0 Å². The van der Waals surface area contributed by atoms with Crippen LogP contribution in [0.2, 0.25) is 0 Å². The Morgan fingerprint density at radius 1 is 1.12 bits per heavy atom. The topological polar surface area (TPSA) is 41.9 Å². The molecule has 0 atom stereocenters. The fourth-order valence-electron chi connectivity index (χ4n) is 3.01. The maximum Gasteiger partial charge on any atom is 0.139 e. The van der Waals surface area contributed by atoms with E-state index in [2.05, 4.69) is 34.3 Å². The molecule has 2 aromatic carbocycles. The van der Waals surface area contributed by atoms with E-state index in [0.717, 1.165) is 30.4 Å². The van der Waals surface area contributed by atoms with Gasteiger partial charge in [0.15, 0.2) is 0 Å². The third-order valence-electron chi connectivity index (χ3n) is 4.29. The monoisotopic (exact) mass is 322 g/mol. The smallest absolute Gasteiger partial charge is 0.139 e. The standard InChI is InChI=1S/C19H19FN4/c1-13-6-8-14(9-7-13)22-19-18(15-4-2-3-5-16(15)20)23-17-12-21-10-11-24(17)19/h2-9,21-22H,10-12H2,1H3. The number of anilines is 2. The number of hydrogen-bond donors (Lipinski definition) is 2. The molecule has 0 saturated heterocycles. The molecule has 24 heavy (non-hydrogen) atoms. The van der Waals surface area contributed by atoms with Gasteiger partial charge in [-0.15, -0.1) is 0 Å². The van der Waals surface area contributed by atoms with Crippen LogP contribution in [0.25, 0.3) is 11.3 Å². The lowest BCUT2D eigenvalue weighted by molar-refractivity contribution is 0.509. The van der Waals surface area contributed by atoms with Crippen LogP contribution in [0.3, 0.4) is 0 Å². The Labute approximate surface area is 140 Å². The van der Waals surface area contributed by atoms with Crippen molar-refractivity contribution >= 4 is 11.5 Å². The maximum atomic E-state index is 14.3. The van der Waals surface area contributed by atoms with Crippen molar-refractivity contribution in [2.45, 2.75) is 20.0 Å². The van der Waals surface area contributed by atoms with Crippen LogP contribution in [0, 0.1) is 12.7 Å². The Hall–Kier alpha value is -2.66. The minimum Gasteiger partial charge on any atom is -0.340 e. The number of nitrogens with one attached hydrogen (secondary N) is 2. The highest BCUT2D eigenvalue weighted by Crippen LogP contribution is 2.33. The molecule has 122 valence electrons.